The van der Waals surface area contributed by atoms with Crippen molar-refractivity contribution in [3.63, 3.8) is 0 Å². The Labute approximate surface area is 206 Å². The summed E-state index contributed by atoms with van der Waals surface area (Å²) in [6.45, 7) is 4.21. The summed E-state index contributed by atoms with van der Waals surface area (Å²) >= 11 is 0. The van der Waals surface area contributed by atoms with Crippen molar-refractivity contribution in [1.29, 1.82) is 0 Å². The zero-order valence-electron chi connectivity index (χ0n) is 20.9. The third kappa shape index (κ3) is 25.1. The topological polar surface area (TPSA) is 75.3 Å². The van der Waals surface area contributed by atoms with Crippen molar-refractivity contribution in [2.75, 3.05) is 13.1 Å². The summed E-state index contributed by atoms with van der Waals surface area (Å²) in [5, 5.41) is 5.35. The maximum absolute atomic E-state index is 11.7. The molecule has 0 aromatic carbocycles. The third-order valence-corrected chi connectivity index (χ3v) is 4.35. The zero-order valence-corrected chi connectivity index (χ0v) is 20.9. The van der Waals surface area contributed by atoms with E-state index in [0.717, 1.165) is 38.5 Å². The van der Waals surface area contributed by atoms with Crippen LogP contribution < -0.4 is 10.6 Å². The molecule has 0 aromatic heterocycles. The lowest BCUT2D eigenvalue weighted by atomic mass is 10.2. The summed E-state index contributed by atoms with van der Waals surface area (Å²) in [7, 11) is 0. The lowest BCUT2D eigenvalue weighted by Crippen LogP contribution is -2.33. The summed E-state index contributed by atoms with van der Waals surface area (Å²) in [4.78, 5) is 33.8. The van der Waals surface area contributed by atoms with Gasteiger partial charge in [-0.05, 0) is 57.9 Å². The van der Waals surface area contributed by atoms with Gasteiger partial charge in [-0.15, -0.1) is 0 Å². The van der Waals surface area contributed by atoms with Crippen LogP contribution in [-0.2, 0) is 14.4 Å². The molecule has 34 heavy (non-hydrogen) atoms. The summed E-state index contributed by atoms with van der Waals surface area (Å²) in [6.07, 6.45) is 35.2. The highest BCUT2D eigenvalue weighted by atomic mass is 16.2. The minimum Gasteiger partial charge on any atom is -0.354 e. The fraction of sp³-hybridized carbons (Fsp3) is 0.414. The van der Waals surface area contributed by atoms with Gasteiger partial charge in [-0.25, -0.2) is 0 Å². The first kappa shape index (κ1) is 30.8. The van der Waals surface area contributed by atoms with Gasteiger partial charge in [-0.1, -0.05) is 79.8 Å². The van der Waals surface area contributed by atoms with Gasteiger partial charge in [0.1, 0.15) is 0 Å². The highest BCUT2D eigenvalue weighted by Crippen LogP contribution is 1.97. The molecular formula is C29H42N2O3. The van der Waals surface area contributed by atoms with Crippen LogP contribution >= 0.6 is 0 Å². The molecule has 0 aliphatic carbocycles. The van der Waals surface area contributed by atoms with E-state index in [1.165, 1.54) is 19.1 Å². The van der Waals surface area contributed by atoms with Crippen LogP contribution in [0.25, 0.3) is 0 Å². The van der Waals surface area contributed by atoms with Crippen LogP contribution in [-0.4, -0.2) is 30.7 Å². The van der Waals surface area contributed by atoms with Gasteiger partial charge < -0.3 is 10.6 Å². The Morgan fingerprint density at radius 1 is 0.588 bits per heavy atom. The SMILES string of the molecule is CC/C=C\C/C=C\C/C=C\C/C=C\C/C=C\C/C=C\CCC(=O)NCCNC(=O)/C=C/C(C)=O. The number of hydrogen-bond acceptors (Lipinski definition) is 3. The van der Waals surface area contributed by atoms with E-state index in [1.54, 1.807) is 0 Å². The molecule has 186 valence electrons. The van der Waals surface area contributed by atoms with Gasteiger partial charge in [-0.2, -0.15) is 0 Å². The minimum absolute atomic E-state index is 0.0481. The minimum atomic E-state index is -0.345. The first-order chi connectivity index (χ1) is 16.6. The van der Waals surface area contributed by atoms with Crippen molar-refractivity contribution in [3.8, 4) is 0 Å². The molecule has 0 aliphatic heterocycles. The summed E-state index contributed by atoms with van der Waals surface area (Å²) in [6, 6.07) is 0. The van der Waals surface area contributed by atoms with Crippen molar-refractivity contribution < 1.29 is 14.4 Å². The Bertz CT molecular complexity index is 768. The predicted molar refractivity (Wildman–Crippen MR) is 143 cm³/mol. The van der Waals surface area contributed by atoms with Crippen molar-refractivity contribution in [1.82, 2.24) is 10.6 Å². The lowest BCUT2D eigenvalue weighted by Gasteiger charge is -2.04. The molecule has 0 saturated carbocycles. The van der Waals surface area contributed by atoms with Crippen molar-refractivity contribution >= 4 is 17.6 Å². The number of hydrogen-bond donors (Lipinski definition) is 2. The molecule has 2 amide bonds. The normalized spacial score (nSPS) is 12.5. The Hall–Kier alpha value is -3.21. The van der Waals surface area contributed by atoms with Crippen LogP contribution in [0.2, 0.25) is 0 Å². The van der Waals surface area contributed by atoms with Crippen LogP contribution in [0.3, 0.4) is 0 Å². The van der Waals surface area contributed by atoms with Gasteiger partial charge in [0.05, 0.1) is 0 Å². The van der Waals surface area contributed by atoms with E-state index >= 15 is 0 Å². The van der Waals surface area contributed by atoms with Crippen molar-refractivity contribution in [2.45, 2.75) is 65.2 Å². The van der Waals surface area contributed by atoms with E-state index in [9.17, 15) is 14.4 Å². The molecule has 0 spiro atoms. The smallest absolute Gasteiger partial charge is 0.244 e. The molecule has 0 aliphatic rings. The molecule has 0 rings (SSSR count). The number of allylic oxidation sites excluding steroid dienone is 13. The van der Waals surface area contributed by atoms with Crippen LogP contribution in [0.4, 0.5) is 0 Å². The lowest BCUT2D eigenvalue weighted by molar-refractivity contribution is -0.121. The van der Waals surface area contributed by atoms with Crippen LogP contribution in [0.15, 0.2) is 85.1 Å². The molecule has 0 atom stereocenters. The fourth-order valence-corrected chi connectivity index (χ4v) is 2.58. The second kappa shape index (κ2) is 24.4. The second-order valence-corrected chi connectivity index (χ2v) is 7.54. The number of carbonyl (C=O) groups excluding carboxylic acids is 3. The summed E-state index contributed by atoms with van der Waals surface area (Å²) in [5.74, 6) is -0.576. The Balaban J connectivity index is 3.64. The average molecular weight is 467 g/mol. The van der Waals surface area contributed by atoms with Crippen molar-refractivity contribution in [3.05, 3.63) is 85.1 Å². The van der Waals surface area contributed by atoms with E-state index in [4.69, 9.17) is 0 Å². The average Bonchev–Trinajstić information content (AvgIpc) is 2.82. The van der Waals surface area contributed by atoms with E-state index in [2.05, 4.69) is 84.4 Å². The van der Waals surface area contributed by atoms with Gasteiger partial charge in [0, 0.05) is 25.6 Å². The van der Waals surface area contributed by atoms with E-state index in [1.807, 2.05) is 6.08 Å². The zero-order chi connectivity index (χ0) is 25.1. The standard InChI is InChI=1S/C29H42N2O3/c1-3-4-5-6-7-8-9-10-11-12-13-14-15-16-17-18-19-20-21-22-28(33)30-25-26-31-29(34)24-23-27(2)32/h4-5,7-8,10-11,13-14,16-17,19-20,23-24H,3,6,9,12,15,18,21-22,25-26H2,1-2H3,(H,30,33)(H,31,34)/b5-4-,8-7-,11-10-,14-13-,17-16-,20-19-,24-23+. The summed E-state index contributed by atoms with van der Waals surface area (Å²) < 4.78 is 0. The molecule has 0 fully saturated rings. The van der Waals surface area contributed by atoms with Gasteiger partial charge in [0.25, 0.3) is 0 Å². The Morgan fingerprint density at radius 3 is 1.50 bits per heavy atom. The molecule has 0 aromatic rings. The quantitative estimate of drug-likeness (QED) is 0.143. The molecule has 2 N–H and O–H groups in total. The van der Waals surface area contributed by atoms with Gasteiger partial charge in [0.15, 0.2) is 5.78 Å². The number of nitrogens with one attached hydrogen (secondary N) is 2. The molecule has 0 bridgehead atoms. The monoisotopic (exact) mass is 466 g/mol. The molecule has 0 unspecified atom stereocenters. The number of ketones is 1. The summed E-state index contributed by atoms with van der Waals surface area (Å²) in [5.41, 5.74) is 0. The highest BCUT2D eigenvalue weighted by molar-refractivity contribution is 5.96. The molecule has 0 heterocycles. The first-order valence-corrected chi connectivity index (χ1v) is 12.2. The maximum atomic E-state index is 11.7. The van der Waals surface area contributed by atoms with Crippen molar-refractivity contribution in [2.24, 2.45) is 0 Å². The van der Waals surface area contributed by atoms with E-state index in [0.29, 0.717) is 25.9 Å². The van der Waals surface area contributed by atoms with Gasteiger partial charge in [0.2, 0.25) is 11.8 Å². The molecule has 0 saturated heterocycles. The predicted octanol–water partition coefficient (Wildman–Crippen LogP) is 5.84. The van der Waals surface area contributed by atoms with E-state index in [-0.39, 0.29) is 17.6 Å². The molecule has 0 radical (unpaired) electrons. The molecular weight excluding hydrogens is 424 g/mol. The van der Waals surface area contributed by atoms with Crippen LogP contribution in [0.5, 0.6) is 0 Å². The first-order valence-electron chi connectivity index (χ1n) is 12.2. The Morgan fingerprint density at radius 2 is 1.03 bits per heavy atom. The fourth-order valence-electron chi connectivity index (χ4n) is 2.58. The second-order valence-electron chi connectivity index (χ2n) is 7.54. The number of amides is 2. The van der Waals surface area contributed by atoms with Gasteiger partial charge >= 0.3 is 0 Å². The third-order valence-electron chi connectivity index (χ3n) is 4.35. The van der Waals surface area contributed by atoms with Gasteiger partial charge in [-0.3, -0.25) is 14.4 Å². The molecule has 5 heteroatoms. The molecule has 5 nitrogen and oxygen atoms in total. The highest BCUT2D eigenvalue weighted by Gasteiger charge is 1.99. The maximum Gasteiger partial charge on any atom is 0.244 e. The van der Waals surface area contributed by atoms with Crippen LogP contribution in [0, 0.1) is 0 Å². The van der Waals surface area contributed by atoms with E-state index < -0.39 is 0 Å². The van der Waals surface area contributed by atoms with Crippen LogP contribution in [0.1, 0.15) is 65.2 Å². The number of rotatable bonds is 19. The largest absolute Gasteiger partial charge is 0.354 e. The Kier molecular flexibility index (Phi) is 22.1. The number of carbonyl (C=O) groups is 3.